The molecule has 0 bridgehead atoms. The van der Waals surface area contributed by atoms with Crippen LogP contribution in [0.1, 0.15) is 0 Å². The van der Waals surface area contributed by atoms with E-state index in [9.17, 15) is 13.2 Å². The first kappa shape index (κ1) is 21.0. The lowest BCUT2D eigenvalue weighted by atomic mass is 10.1. The van der Waals surface area contributed by atoms with Crippen molar-refractivity contribution >= 4 is 16.1 Å². The fourth-order valence-electron chi connectivity index (χ4n) is 2.55. The molecular weight excluding hydrogens is 408 g/mol. The third kappa shape index (κ3) is 4.99. The molecule has 0 saturated heterocycles. The van der Waals surface area contributed by atoms with Gasteiger partial charge in [-0.15, -0.1) is 0 Å². The van der Waals surface area contributed by atoms with Crippen LogP contribution in [-0.2, 0) is 17.2 Å². The zero-order valence-corrected chi connectivity index (χ0v) is 16.7. The summed E-state index contributed by atoms with van der Waals surface area (Å²) < 4.78 is 36.1. The Morgan fingerprint density at radius 2 is 1.80 bits per heavy atom. The van der Waals surface area contributed by atoms with Crippen molar-refractivity contribution < 1.29 is 17.4 Å². The van der Waals surface area contributed by atoms with Gasteiger partial charge >= 0.3 is 0 Å². The quantitative estimate of drug-likeness (QED) is 0.476. The van der Waals surface area contributed by atoms with Crippen molar-refractivity contribution in [3.63, 3.8) is 0 Å². The predicted molar refractivity (Wildman–Crippen MR) is 111 cm³/mol. The predicted octanol–water partition coefficient (Wildman–Crippen LogP) is 2.62. The van der Waals surface area contributed by atoms with Crippen LogP contribution in [0.3, 0.4) is 0 Å². The molecule has 3 aromatic heterocycles. The van der Waals surface area contributed by atoms with E-state index in [0.717, 1.165) is 11.1 Å². The molecule has 0 aliphatic heterocycles. The van der Waals surface area contributed by atoms with Gasteiger partial charge in [0.15, 0.2) is 5.76 Å². The van der Waals surface area contributed by atoms with Gasteiger partial charge in [-0.1, -0.05) is 18.2 Å². The molecule has 154 valence electrons. The Hall–Kier alpha value is -3.76. The van der Waals surface area contributed by atoms with Crippen LogP contribution in [0.4, 0.5) is 5.95 Å². The van der Waals surface area contributed by atoms with Crippen LogP contribution in [-0.4, -0.2) is 27.5 Å². The van der Waals surface area contributed by atoms with E-state index in [2.05, 4.69) is 9.97 Å². The maximum Gasteiger partial charge on any atom is 0.294 e. The van der Waals surface area contributed by atoms with Crippen LogP contribution in [0.15, 0.2) is 87.4 Å². The SMILES string of the molecule is Cn1cc(-c2cnc(N)nc2-c2ccco2)ccc1=O.O=S(=O)(O)c1ccccc1. The van der Waals surface area contributed by atoms with Crippen molar-refractivity contribution in [2.75, 3.05) is 5.73 Å². The number of nitrogens with zero attached hydrogens (tertiary/aromatic N) is 3. The lowest BCUT2D eigenvalue weighted by molar-refractivity contribution is 0.483. The van der Waals surface area contributed by atoms with E-state index >= 15 is 0 Å². The number of hydrogen-bond donors (Lipinski definition) is 2. The maximum absolute atomic E-state index is 11.5. The van der Waals surface area contributed by atoms with Gasteiger partial charge in [0.1, 0.15) is 5.69 Å². The van der Waals surface area contributed by atoms with Crippen molar-refractivity contribution in [2.24, 2.45) is 7.05 Å². The molecule has 1 aromatic carbocycles. The first-order chi connectivity index (χ1) is 14.3. The van der Waals surface area contributed by atoms with Crippen molar-refractivity contribution in [3.05, 3.63) is 83.6 Å². The second-order valence-corrected chi connectivity index (χ2v) is 7.54. The molecule has 4 aromatic rings. The smallest absolute Gasteiger partial charge is 0.294 e. The van der Waals surface area contributed by atoms with E-state index < -0.39 is 10.1 Å². The van der Waals surface area contributed by atoms with Crippen molar-refractivity contribution in [1.82, 2.24) is 14.5 Å². The molecule has 4 rings (SSSR count). The van der Waals surface area contributed by atoms with E-state index in [-0.39, 0.29) is 16.4 Å². The number of rotatable bonds is 3. The fraction of sp³-hybridized carbons (Fsp3) is 0.0500. The number of benzene rings is 1. The van der Waals surface area contributed by atoms with Crippen LogP contribution >= 0.6 is 0 Å². The molecule has 0 saturated carbocycles. The molecule has 9 nitrogen and oxygen atoms in total. The summed E-state index contributed by atoms with van der Waals surface area (Å²) in [6.45, 7) is 0. The van der Waals surface area contributed by atoms with E-state index in [1.165, 1.54) is 22.8 Å². The normalized spacial score (nSPS) is 10.9. The summed E-state index contributed by atoms with van der Waals surface area (Å²) in [5.74, 6) is 0.771. The average Bonchev–Trinajstić information content (AvgIpc) is 3.25. The number of pyridine rings is 1. The summed E-state index contributed by atoms with van der Waals surface area (Å²) in [5, 5.41) is 0. The molecule has 0 unspecified atom stereocenters. The van der Waals surface area contributed by atoms with Gasteiger partial charge in [-0.05, 0) is 30.3 Å². The molecule has 0 aliphatic rings. The first-order valence-corrected chi connectivity index (χ1v) is 10.1. The van der Waals surface area contributed by atoms with Gasteiger partial charge in [-0.25, -0.2) is 9.97 Å². The number of aryl methyl sites for hydroxylation is 1. The van der Waals surface area contributed by atoms with Crippen LogP contribution in [0, 0.1) is 0 Å². The number of aromatic nitrogens is 3. The highest BCUT2D eigenvalue weighted by molar-refractivity contribution is 7.85. The van der Waals surface area contributed by atoms with Gasteiger partial charge in [0.05, 0.1) is 11.2 Å². The van der Waals surface area contributed by atoms with Crippen molar-refractivity contribution in [3.8, 4) is 22.6 Å². The Labute approximate surface area is 172 Å². The molecule has 0 radical (unpaired) electrons. The van der Waals surface area contributed by atoms with Crippen molar-refractivity contribution in [2.45, 2.75) is 4.90 Å². The zero-order valence-electron chi connectivity index (χ0n) is 15.8. The lowest BCUT2D eigenvalue weighted by Gasteiger charge is -2.08. The molecule has 3 heterocycles. The standard InChI is InChI=1S/C14H12N4O2.C6H6O3S/c1-18-8-9(4-5-12(18)19)10-7-16-14(15)17-13(10)11-3-2-6-20-11;7-10(8,9)6-4-2-1-3-5-6/h2-8H,1H3,(H2,15,16,17);1-5H,(H,7,8,9). The Bertz CT molecular complexity index is 1300. The minimum atomic E-state index is -4.00. The number of nitrogens with two attached hydrogens (primary N) is 1. The molecular formula is C20H18N4O5S. The summed E-state index contributed by atoms with van der Waals surface area (Å²) in [6, 6.07) is 14.2. The molecule has 0 atom stereocenters. The Balaban J connectivity index is 0.000000216. The average molecular weight is 426 g/mol. The highest BCUT2D eigenvalue weighted by atomic mass is 32.2. The second kappa shape index (κ2) is 8.72. The zero-order chi connectivity index (χ0) is 21.7. The van der Waals surface area contributed by atoms with Crippen molar-refractivity contribution in [1.29, 1.82) is 0 Å². The highest BCUT2D eigenvalue weighted by Gasteiger charge is 2.13. The first-order valence-electron chi connectivity index (χ1n) is 8.61. The van der Waals surface area contributed by atoms with E-state index in [1.54, 1.807) is 62.1 Å². The monoisotopic (exact) mass is 426 g/mol. The Morgan fingerprint density at radius 3 is 2.37 bits per heavy atom. The van der Waals surface area contributed by atoms with Gasteiger partial charge in [-0.2, -0.15) is 8.42 Å². The molecule has 10 heteroatoms. The lowest BCUT2D eigenvalue weighted by Crippen LogP contribution is -2.14. The Morgan fingerprint density at radius 1 is 1.07 bits per heavy atom. The summed E-state index contributed by atoms with van der Waals surface area (Å²) in [6.07, 6.45) is 4.92. The third-order valence-electron chi connectivity index (χ3n) is 4.00. The highest BCUT2D eigenvalue weighted by Crippen LogP contribution is 2.30. The van der Waals surface area contributed by atoms with E-state index in [4.69, 9.17) is 14.7 Å². The van der Waals surface area contributed by atoms with Gasteiger partial charge in [-0.3, -0.25) is 9.35 Å². The van der Waals surface area contributed by atoms with Gasteiger partial charge in [0.25, 0.3) is 10.1 Å². The van der Waals surface area contributed by atoms with E-state index in [0.29, 0.717) is 11.5 Å². The molecule has 0 amide bonds. The minimum Gasteiger partial charge on any atom is -0.463 e. The topological polar surface area (TPSA) is 141 Å². The van der Waals surface area contributed by atoms with Gasteiger partial charge < -0.3 is 14.7 Å². The number of furan rings is 1. The van der Waals surface area contributed by atoms with Crippen LogP contribution < -0.4 is 11.3 Å². The second-order valence-electron chi connectivity index (χ2n) is 6.12. The van der Waals surface area contributed by atoms with Crippen LogP contribution in [0.2, 0.25) is 0 Å². The van der Waals surface area contributed by atoms with Gasteiger partial charge in [0, 0.05) is 36.6 Å². The summed E-state index contributed by atoms with van der Waals surface area (Å²) >= 11 is 0. The van der Waals surface area contributed by atoms with Crippen LogP contribution in [0.5, 0.6) is 0 Å². The fourth-order valence-corrected chi connectivity index (χ4v) is 3.05. The third-order valence-corrected chi connectivity index (χ3v) is 4.87. The summed E-state index contributed by atoms with van der Waals surface area (Å²) in [7, 11) is -2.31. The van der Waals surface area contributed by atoms with E-state index in [1.807, 2.05) is 0 Å². The molecule has 0 fully saturated rings. The summed E-state index contributed by atoms with van der Waals surface area (Å²) in [4.78, 5) is 19.6. The molecule has 0 aliphatic carbocycles. The Kier molecular flexibility index (Phi) is 6.09. The summed E-state index contributed by atoms with van der Waals surface area (Å²) in [5.41, 5.74) is 7.74. The maximum atomic E-state index is 11.5. The number of hydrogen-bond acceptors (Lipinski definition) is 7. The molecule has 0 spiro atoms. The largest absolute Gasteiger partial charge is 0.463 e. The van der Waals surface area contributed by atoms with Crippen LogP contribution in [0.25, 0.3) is 22.6 Å². The number of anilines is 1. The molecule has 3 N–H and O–H groups in total. The van der Waals surface area contributed by atoms with Gasteiger partial charge in [0.2, 0.25) is 11.5 Å². The number of nitrogen functional groups attached to an aromatic ring is 1. The minimum absolute atomic E-state index is 0.0741. The molecule has 30 heavy (non-hydrogen) atoms.